The Labute approximate surface area is 173 Å². The first kappa shape index (κ1) is 24.5. The van der Waals surface area contributed by atoms with Crippen LogP contribution in [0, 0.1) is 0 Å². The molecular weight excluding hydrogens is 368 g/mol. The third-order valence-electron chi connectivity index (χ3n) is 4.11. The summed E-state index contributed by atoms with van der Waals surface area (Å²) in [5, 5.41) is 19.8. The smallest absolute Gasteiger partial charge is 0.331 e. The van der Waals surface area contributed by atoms with Crippen LogP contribution in [-0.2, 0) is 14.3 Å². The number of esters is 1. The van der Waals surface area contributed by atoms with E-state index in [4.69, 9.17) is 4.74 Å². The van der Waals surface area contributed by atoms with E-state index < -0.39 is 12.2 Å². The molecule has 1 heterocycles. The van der Waals surface area contributed by atoms with Gasteiger partial charge in [0.15, 0.2) is 5.78 Å². The number of allylic oxidation sites excluding steroid dienone is 8. The first-order chi connectivity index (χ1) is 14.0. The van der Waals surface area contributed by atoms with E-state index in [1.807, 2.05) is 19.1 Å². The van der Waals surface area contributed by atoms with Crippen molar-refractivity contribution in [1.82, 2.24) is 0 Å². The summed E-state index contributed by atoms with van der Waals surface area (Å²) < 4.78 is 5.30. The molecule has 0 fully saturated rings. The summed E-state index contributed by atoms with van der Waals surface area (Å²) in [7, 11) is 0. The molecule has 0 amide bonds. The fraction of sp³-hybridized carbons (Fsp3) is 0.417. The van der Waals surface area contributed by atoms with Gasteiger partial charge in [-0.15, -0.1) is 0 Å². The first-order valence-corrected chi connectivity index (χ1v) is 10.1. The molecular formula is C24H32O5. The molecule has 2 N–H and O–H groups in total. The summed E-state index contributed by atoms with van der Waals surface area (Å²) in [5.74, 6) is -0.516. The summed E-state index contributed by atoms with van der Waals surface area (Å²) in [6, 6.07) is 0. The molecule has 29 heavy (non-hydrogen) atoms. The highest BCUT2D eigenvalue weighted by molar-refractivity contribution is 5.90. The van der Waals surface area contributed by atoms with Crippen LogP contribution < -0.4 is 0 Å². The molecule has 1 aliphatic heterocycles. The van der Waals surface area contributed by atoms with Crippen LogP contribution in [0.2, 0.25) is 0 Å². The Bertz CT molecular complexity index is 667. The van der Waals surface area contributed by atoms with Gasteiger partial charge in [-0.05, 0) is 45.1 Å². The van der Waals surface area contributed by atoms with Gasteiger partial charge in [0.2, 0.25) is 0 Å². The highest BCUT2D eigenvalue weighted by atomic mass is 16.5. The topological polar surface area (TPSA) is 83.8 Å². The van der Waals surface area contributed by atoms with E-state index in [1.54, 1.807) is 48.6 Å². The van der Waals surface area contributed by atoms with Gasteiger partial charge >= 0.3 is 5.97 Å². The van der Waals surface area contributed by atoms with Crippen molar-refractivity contribution in [2.75, 3.05) is 0 Å². The molecule has 5 heteroatoms. The number of carbonyl (C=O) groups is 2. The number of ketones is 1. The second kappa shape index (κ2) is 15.4. The molecule has 0 aromatic carbocycles. The maximum atomic E-state index is 11.8. The molecule has 0 aromatic heterocycles. The summed E-state index contributed by atoms with van der Waals surface area (Å²) in [6.45, 7) is 1.86. The molecule has 0 saturated heterocycles. The van der Waals surface area contributed by atoms with Crippen LogP contribution >= 0.6 is 0 Å². The molecule has 158 valence electrons. The Morgan fingerprint density at radius 2 is 1.59 bits per heavy atom. The zero-order valence-electron chi connectivity index (χ0n) is 17.0. The fourth-order valence-corrected chi connectivity index (χ4v) is 2.56. The van der Waals surface area contributed by atoms with Crippen molar-refractivity contribution in [3.63, 3.8) is 0 Å². The maximum Gasteiger partial charge on any atom is 0.331 e. The third-order valence-corrected chi connectivity index (χ3v) is 4.11. The number of rotatable bonds is 0. The Balaban J connectivity index is 2.67. The lowest BCUT2D eigenvalue weighted by molar-refractivity contribution is -0.142. The van der Waals surface area contributed by atoms with Crippen LogP contribution in [0.1, 0.15) is 45.4 Å². The average molecular weight is 401 g/mol. The summed E-state index contributed by atoms with van der Waals surface area (Å²) >= 11 is 0. The predicted octanol–water partition coefficient (Wildman–Crippen LogP) is 3.90. The molecule has 1 aliphatic rings. The molecule has 0 aromatic rings. The summed E-state index contributed by atoms with van der Waals surface area (Å²) in [4.78, 5) is 23.5. The zero-order valence-corrected chi connectivity index (χ0v) is 17.0. The van der Waals surface area contributed by atoms with Crippen molar-refractivity contribution in [1.29, 1.82) is 0 Å². The monoisotopic (exact) mass is 400 g/mol. The van der Waals surface area contributed by atoms with E-state index in [9.17, 15) is 19.8 Å². The minimum absolute atomic E-state index is 0.0716. The Morgan fingerprint density at radius 3 is 2.41 bits per heavy atom. The van der Waals surface area contributed by atoms with Crippen molar-refractivity contribution < 1.29 is 24.5 Å². The van der Waals surface area contributed by atoms with Gasteiger partial charge in [-0.2, -0.15) is 0 Å². The number of cyclic esters (lactones) is 1. The van der Waals surface area contributed by atoms with E-state index in [1.165, 1.54) is 12.2 Å². The number of aliphatic hydroxyl groups excluding tert-OH is 2. The van der Waals surface area contributed by atoms with Crippen molar-refractivity contribution in [2.24, 2.45) is 0 Å². The minimum atomic E-state index is -0.727. The van der Waals surface area contributed by atoms with Gasteiger partial charge in [0, 0.05) is 12.5 Å². The Kier molecular flexibility index (Phi) is 13.1. The first-order valence-electron chi connectivity index (χ1n) is 10.1. The number of aliphatic hydroxyl groups is 2. The van der Waals surface area contributed by atoms with Gasteiger partial charge in [-0.25, -0.2) is 4.79 Å². The summed E-state index contributed by atoms with van der Waals surface area (Å²) in [6.07, 6.45) is 21.9. The molecule has 3 unspecified atom stereocenters. The SMILES string of the molecule is CC1CCCC=CC=CC(=O)CC(O)CC=CC=CC(O)CC=CC=CC(=O)O1. The van der Waals surface area contributed by atoms with Gasteiger partial charge in [0.1, 0.15) is 0 Å². The highest BCUT2D eigenvalue weighted by Gasteiger charge is 2.07. The largest absolute Gasteiger partial charge is 0.460 e. The van der Waals surface area contributed by atoms with Crippen LogP contribution in [0.15, 0.2) is 72.9 Å². The van der Waals surface area contributed by atoms with Crippen LogP contribution in [0.25, 0.3) is 0 Å². The lowest BCUT2D eigenvalue weighted by atomic mass is 10.1. The van der Waals surface area contributed by atoms with E-state index in [0.29, 0.717) is 12.8 Å². The highest BCUT2D eigenvalue weighted by Crippen LogP contribution is 2.07. The standard InChI is InChI=1S/C24H32O5/c1-20-13-7-3-2-4-8-16-22(26)19-23(27)17-11-5-9-14-21(25)15-10-6-12-18-24(28)29-20/h2,4-6,8-12,14,16,18,20-21,23,25,27H,3,7,13,15,17,19H2,1H3. The summed E-state index contributed by atoms with van der Waals surface area (Å²) in [5.41, 5.74) is 0. The quantitative estimate of drug-likeness (QED) is 0.603. The van der Waals surface area contributed by atoms with Crippen LogP contribution in [0.4, 0.5) is 0 Å². The average Bonchev–Trinajstić information content (AvgIpc) is 2.65. The van der Waals surface area contributed by atoms with Gasteiger partial charge in [-0.1, -0.05) is 60.8 Å². The van der Waals surface area contributed by atoms with Gasteiger partial charge < -0.3 is 14.9 Å². The molecule has 1 rings (SSSR count). The second-order valence-electron chi connectivity index (χ2n) is 6.93. The Hall–Kier alpha value is -2.50. The van der Waals surface area contributed by atoms with Crippen LogP contribution in [-0.4, -0.2) is 40.3 Å². The molecule has 3 atom stereocenters. The van der Waals surface area contributed by atoms with E-state index in [0.717, 1.165) is 19.3 Å². The Morgan fingerprint density at radius 1 is 0.897 bits per heavy atom. The fourth-order valence-electron chi connectivity index (χ4n) is 2.56. The predicted molar refractivity (Wildman–Crippen MR) is 115 cm³/mol. The maximum absolute atomic E-state index is 11.8. The zero-order chi connectivity index (χ0) is 21.3. The number of hydrogen-bond acceptors (Lipinski definition) is 5. The van der Waals surface area contributed by atoms with E-state index >= 15 is 0 Å². The van der Waals surface area contributed by atoms with Crippen molar-refractivity contribution in [3.8, 4) is 0 Å². The minimum Gasteiger partial charge on any atom is -0.460 e. The second-order valence-corrected chi connectivity index (χ2v) is 6.93. The van der Waals surface area contributed by atoms with Gasteiger partial charge in [0.05, 0.1) is 18.3 Å². The lowest BCUT2D eigenvalue weighted by Gasteiger charge is -2.10. The van der Waals surface area contributed by atoms with Gasteiger partial charge in [0.25, 0.3) is 0 Å². The van der Waals surface area contributed by atoms with E-state index in [-0.39, 0.29) is 24.3 Å². The van der Waals surface area contributed by atoms with Crippen LogP contribution in [0.3, 0.4) is 0 Å². The molecule has 0 spiro atoms. The lowest BCUT2D eigenvalue weighted by Crippen LogP contribution is -2.12. The molecule has 0 bridgehead atoms. The number of ether oxygens (including phenoxy) is 1. The van der Waals surface area contributed by atoms with Gasteiger partial charge in [-0.3, -0.25) is 4.79 Å². The number of hydrogen-bond donors (Lipinski definition) is 2. The number of carbonyl (C=O) groups excluding carboxylic acids is 2. The molecule has 0 aliphatic carbocycles. The molecule has 0 saturated carbocycles. The van der Waals surface area contributed by atoms with Crippen LogP contribution in [0.5, 0.6) is 0 Å². The molecule has 0 radical (unpaired) electrons. The third kappa shape index (κ3) is 14.2. The van der Waals surface area contributed by atoms with Crippen molar-refractivity contribution >= 4 is 11.8 Å². The normalized spacial score (nSPS) is 26.2. The van der Waals surface area contributed by atoms with Crippen molar-refractivity contribution in [3.05, 3.63) is 72.9 Å². The van der Waals surface area contributed by atoms with E-state index in [2.05, 4.69) is 0 Å². The van der Waals surface area contributed by atoms with Crippen molar-refractivity contribution in [2.45, 2.75) is 63.8 Å². The molecule has 5 nitrogen and oxygen atoms in total.